The zero-order chi connectivity index (χ0) is 15.5. The predicted molar refractivity (Wildman–Crippen MR) is 88.8 cm³/mol. The highest BCUT2D eigenvalue weighted by Crippen LogP contribution is 2.47. The first-order chi connectivity index (χ1) is 10.6. The Labute approximate surface area is 131 Å². The molecule has 2 aromatic rings. The molecule has 0 heterocycles. The van der Waals surface area contributed by atoms with Gasteiger partial charge in [-0.3, -0.25) is 4.79 Å². The maximum absolute atomic E-state index is 12.2. The van der Waals surface area contributed by atoms with Crippen LogP contribution in [0.5, 0.6) is 0 Å². The average Bonchev–Trinajstić information content (AvgIpc) is 3.34. The van der Waals surface area contributed by atoms with Crippen LogP contribution in [0.2, 0.25) is 0 Å². The first-order valence-corrected chi connectivity index (χ1v) is 7.61. The van der Waals surface area contributed by atoms with Gasteiger partial charge in [-0.05, 0) is 37.3 Å². The molecule has 2 atom stereocenters. The van der Waals surface area contributed by atoms with Crippen LogP contribution >= 0.6 is 0 Å². The van der Waals surface area contributed by atoms with E-state index in [1.54, 1.807) is 0 Å². The van der Waals surface area contributed by atoms with E-state index < -0.39 is 0 Å². The van der Waals surface area contributed by atoms with Gasteiger partial charge >= 0.3 is 0 Å². The van der Waals surface area contributed by atoms with Crippen LogP contribution in [-0.4, -0.2) is 11.6 Å². The van der Waals surface area contributed by atoms with Gasteiger partial charge in [-0.25, -0.2) is 5.43 Å². The average molecular weight is 292 g/mol. The van der Waals surface area contributed by atoms with E-state index in [1.807, 2.05) is 49.4 Å². The third-order valence-electron chi connectivity index (χ3n) is 4.16. The molecule has 3 rings (SSSR count). The van der Waals surface area contributed by atoms with Crippen molar-refractivity contribution >= 4 is 11.6 Å². The second kappa shape index (κ2) is 6.14. The van der Waals surface area contributed by atoms with Crippen LogP contribution in [0.4, 0.5) is 0 Å². The van der Waals surface area contributed by atoms with Crippen LogP contribution in [0.3, 0.4) is 0 Å². The maximum Gasteiger partial charge on any atom is 0.243 e. The molecule has 2 aromatic carbocycles. The molecule has 1 amide bonds. The van der Waals surface area contributed by atoms with E-state index in [0.29, 0.717) is 5.92 Å². The summed E-state index contributed by atoms with van der Waals surface area (Å²) in [6.45, 7) is 3.96. The molecule has 1 aliphatic carbocycles. The summed E-state index contributed by atoms with van der Waals surface area (Å²) in [5.74, 6) is 0.411. The van der Waals surface area contributed by atoms with Crippen LogP contribution in [-0.2, 0) is 4.79 Å². The van der Waals surface area contributed by atoms with Gasteiger partial charge in [0, 0.05) is 5.92 Å². The quantitative estimate of drug-likeness (QED) is 0.678. The molecular formula is C19H20N2O. The molecule has 0 unspecified atom stereocenters. The van der Waals surface area contributed by atoms with Crippen molar-refractivity contribution < 1.29 is 4.79 Å². The van der Waals surface area contributed by atoms with E-state index in [1.165, 1.54) is 11.1 Å². The molecule has 1 aliphatic rings. The molecule has 0 radical (unpaired) electrons. The van der Waals surface area contributed by atoms with E-state index in [-0.39, 0.29) is 11.8 Å². The highest BCUT2D eigenvalue weighted by molar-refractivity contribution is 5.99. The Bertz CT molecular complexity index is 689. The standard InChI is InChI=1S/C19H20N2O/c1-13-8-10-15(11-9-13)14(2)20-21-19(22)18-12-17(18)16-6-4-3-5-7-16/h3-11,17-18H,12H2,1-2H3,(H,21,22)/b20-14-/t17-,18-/m1/s1. The first-order valence-electron chi connectivity index (χ1n) is 7.61. The van der Waals surface area contributed by atoms with Crippen LogP contribution in [0.25, 0.3) is 0 Å². The van der Waals surface area contributed by atoms with Crippen molar-refractivity contribution in [3.63, 3.8) is 0 Å². The van der Waals surface area contributed by atoms with Gasteiger partial charge in [0.1, 0.15) is 0 Å². The van der Waals surface area contributed by atoms with E-state index in [9.17, 15) is 4.79 Å². The molecule has 0 aromatic heterocycles. The number of carbonyl (C=O) groups excluding carboxylic acids is 1. The van der Waals surface area contributed by atoms with E-state index >= 15 is 0 Å². The fraction of sp³-hybridized carbons (Fsp3) is 0.263. The lowest BCUT2D eigenvalue weighted by molar-refractivity contribution is -0.122. The topological polar surface area (TPSA) is 41.5 Å². The zero-order valence-electron chi connectivity index (χ0n) is 12.9. The minimum atomic E-state index is 0.0142. The molecule has 22 heavy (non-hydrogen) atoms. The zero-order valence-corrected chi connectivity index (χ0v) is 12.9. The molecule has 112 valence electrons. The fourth-order valence-corrected chi connectivity index (χ4v) is 2.63. The van der Waals surface area contributed by atoms with Gasteiger partial charge in [0.05, 0.1) is 5.71 Å². The third kappa shape index (κ3) is 3.25. The molecular weight excluding hydrogens is 272 g/mol. The third-order valence-corrected chi connectivity index (χ3v) is 4.16. The van der Waals surface area contributed by atoms with Crippen molar-refractivity contribution in [3.8, 4) is 0 Å². The highest BCUT2D eigenvalue weighted by Gasteiger charge is 2.43. The lowest BCUT2D eigenvalue weighted by atomic mass is 10.1. The van der Waals surface area contributed by atoms with Crippen molar-refractivity contribution in [2.24, 2.45) is 11.0 Å². The summed E-state index contributed by atoms with van der Waals surface area (Å²) in [6.07, 6.45) is 0.912. The Kier molecular flexibility index (Phi) is 4.05. The Morgan fingerprint density at radius 3 is 2.45 bits per heavy atom. The van der Waals surface area contributed by atoms with Crippen LogP contribution in [0, 0.1) is 12.8 Å². The minimum absolute atomic E-state index is 0.0142. The number of nitrogens with one attached hydrogen (secondary N) is 1. The van der Waals surface area contributed by atoms with Gasteiger partial charge in [0.25, 0.3) is 0 Å². The van der Waals surface area contributed by atoms with Crippen LogP contribution in [0.1, 0.15) is 36.0 Å². The predicted octanol–water partition coefficient (Wildman–Crippen LogP) is 3.64. The second-order valence-corrected chi connectivity index (χ2v) is 5.90. The summed E-state index contributed by atoms with van der Waals surface area (Å²) in [4.78, 5) is 12.2. The van der Waals surface area contributed by atoms with Crippen molar-refractivity contribution in [1.29, 1.82) is 0 Å². The van der Waals surface area contributed by atoms with Crippen LogP contribution in [0.15, 0.2) is 59.7 Å². The maximum atomic E-state index is 12.2. The Morgan fingerprint density at radius 2 is 1.77 bits per heavy atom. The van der Waals surface area contributed by atoms with Crippen molar-refractivity contribution in [3.05, 3.63) is 71.3 Å². The lowest BCUT2D eigenvalue weighted by Crippen LogP contribution is -2.21. The highest BCUT2D eigenvalue weighted by atomic mass is 16.2. The summed E-state index contributed by atoms with van der Waals surface area (Å²) in [7, 11) is 0. The molecule has 0 aliphatic heterocycles. The Balaban J connectivity index is 1.59. The molecule has 1 fully saturated rings. The number of hydrazone groups is 1. The number of rotatable bonds is 4. The number of aryl methyl sites for hydroxylation is 1. The van der Waals surface area contributed by atoms with Gasteiger partial charge in [-0.1, -0.05) is 60.2 Å². The summed E-state index contributed by atoms with van der Waals surface area (Å²) in [6, 6.07) is 18.3. The lowest BCUT2D eigenvalue weighted by Gasteiger charge is -2.03. The number of carbonyl (C=O) groups is 1. The van der Waals surface area contributed by atoms with E-state index in [4.69, 9.17) is 0 Å². The second-order valence-electron chi connectivity index (χ2n) is 5.90. The molecule has 0 spiro atoms. The van der Waals surface area contributed by atoms with Gasteiger partial charge in [-0.2, -0.15) is 5.10 Å². The number of benzene rings is 2. The molecule has 0 bridgehead atoms. The first kappa shape index (κ1) is 14.5. The van der Waals surface area contributed by atoms with Gasteiger partial charge in [0.2, 0.25) is 5.91 Å². The van der Waals surface area contributed by atoms with E-state index in [0.717, 1.165) is 17.7 Å². The molecule has 1 N–H and O–H groups in total. The van der Waals surface area contributed by atoms with Gasteiger partial charge < -0.3 is 0 Å². The molecule has 3 heteroatoms. The molecule has 0 saturated heterocycles. The summed E-state index contributed by atoms with van der Waals surface area (Å²) < 4.78 is 0. The van der Waals surface area contributed by atoms with Crippen molar-refractivity contribution in [2.45, 2.75) is 26.2 Å². The number of hydrogen-bond donors (Lipinski definition) is 1. The Hall–Kier alpha value is -2.42. The van der Waals surface area contributed by atoms with E-state index in [2.05, 4.69) is 29.6 Å². The summed E-state index contributed by atoms with van der Waals surface area (Å²) in [5.41, 5.74) is 7.01. The van der Waals surface area contributed by atoms with Gasteiger partial charge in [-0.15, -0.1) is 0 Å². The van der Waals surface area contributed by atoms with Crippen molar-refractivity contribution in [1.82, 2.24) is 5.43 Å². The number of amides is 1. The monoisotopic (exact) mass is 292 g/mol. The summed E-state index contributed by atoms with van der Waals surface area (Å²) >= 11 is 0. The number of nitrogens with zero attached hydrogens (tertiary/aromatic N) is 1. The SMILES string of the molecule is C/C(=N/NC(=O)[C@@H]1C[C@@H]1c1ccccc1)c1ccc(C)cc1. The molecule has 3 nitrogen and oxygen atoms in total. The number of hydrogen-bond acceptors (Lipinski definition) is 2. The minimum Gasteiger partial charge on any atom is -0.273 e. The summed E-state index contributed by atoms with van der Waals surface area (Å²) in [5, 5.41) is 4.23. The van der Waals surface area contributed by atoms with Crippen LogP contribution < -0.4 is 5.43 Å². The molecule has 1 saturated carbocycles. The fourth-order valence-electron chi connectivity index (χ4n) is 2.63. The Morgan fingerprint density at radius 1 is 1.09 bits per heavy atom. The van der Waals surface area contributed by atoms with Crippen molar-refractivity contribution in [2.75, 3.05) is 0 Å². The smallest absolute Gasteiger partial charge is 0.243 e. The largest absolute Gasteiger partial charge is 0.273 e. The van der Waals surface area contributed by atoms with Gasteiger partial charge in [0.15, 0.2) is 0 Å². The normalized spacial score (nSPS) is 20.5.